The van der Waals surface area contributed by atoms with Crippen LogP contribution in [0, 0.1) is 5.92 Å². The van der Waals surface area contributed by atoms with Crippen LogP contribution >= 0.6 is 0 Å². The van der Waals surface area contributed by atoms with Crippen LogP contribution in [-0.2, 0) is 4.74 Å². The number of rotatable bonds is 7. The van der Waals surface area contributed by atoms with Crippen molar-refractivity contribution in [3.05, 3.63) is 36.0 Å². The van der Waals surface area contributed by atoms with Crippen LogP contribution in [0.3, 0.4) is 0 Å². The molecule has 0 unspecified atom stereocenters. The third-order valence-electron chi connectivity index (χ3n) is 3.62. The van der Waals surface area contributed by atoms with Gasteiger partial charge in [0.1, 0.15) is 0 Å². The van der Waals surface area contributed by atoms with E-state index in [1.807, 2.05) is 30.5 Å². The Morgan fingerprint density at radius 2 is 2.25 bits per heavy atom. The molecule has 0 saturated heterocycles. The summed E-state index contributed by atoms with van der Waals surface area (Å²) < 4.78 is 5.54. The highest BCUT2D eigenvalue weighted by molar-refractivity contribution is 5.98. The van der Waals surface area contributed by atoms with Gasteiger partial charge >= 0.3 is 0 Å². The van der Waals surface area contributed by atoms with Crippen molar-refractivity contribution in [2.45, 2.75) is 19.3 Å². The summed E-state index contributed by atoms with van der Waals surface area (Å²) in [6, 6.07) is 7.66. The lowest BCUT2D eigenvalue weighted by atomic mass is 10.1. The number of H-pyrrole nitrogens is 1. The quantitative estimate of drug-likeness (QED) is 0.761. The fourth-order valence-electron chi connectivity index (χ4n) is 2.21. The van der Waals surface area contributed by atoms with Crippen LogP contribution in [-0.4, -0.2) is 30.6 Å². The maximum atomic E-state index is 12.0. The summed E-state index contributed by atoms with van der Waals surface area (Å²) in [5, 5.41) is 3.99. The Bertz CT molecular complexity index is 587. The summed E-state index contributed by atoms with van der Waals surface area (Å²) in [7, 11) is 0. The molecular weight excluding hydrogens is 252 g/mol. The van der Waals surface area contributed by atoms with Crippen LogP contribution < -0.4 is 5.32 Å². The zero-order valence-electron chi connectivity index (χ0n) is 11.5. The molecule has 0 radical (unpaired) electrons. The van der Waals surface area contributed by atoms with Gasteiger partial charge in [-0.1, -0.05) is 0 Å². The average molecular weight is 272 g/mol. The minimum Gasteiger partial charge on any atom is -0.381 e. The standard InChI is InChI=1S/C16H20N2O2/c19-16(18-7-1-9-20-11-12-2-3-12)14-4-5-15-13(10-14)6-8-17-15/h4-6,8,10,12,17H,1-3,7,9,11H2,(H,18,19). The SMILES string of the molecule is O=C(NCCCOCC1CC1)c1ccc2[nH]ccc2c1. The van der Waals surface area contributed by atoms with E-state index < -0.39 is 0 Å². The highest BCUT2D eigenvalue weighted by Crippen LogP contribution is 2.28. The molecule has 20 heavy (non-hydrogen) atoms. The fraction of sp³-hybridized carbons (Fsp3) is 0.438. The first kappa shape index (κ1) is 13.2. The molecule has 0 spiro atoms. The van der Waals surface area contributed by atoms with Crippen LogP contribution in [0.5, 0.6) is 0 Å². The average Bonchev–Trinajstić information content (AvgIpc) is 3.17. The summed E-state index contributed by atoms with van der Waals surface area (Å²) in [5.74, 6) is 0.785. The van der Waals surface area contributed by atoms with Crippen molar-refractivity contribution in [3.63, 3.8) is 0 Å². The molecule has 1 aliphatic rings. The number of carbonyl (C=O) groups excluding carboxylic acids is 1. The van der Waals surface area contributed by atoms with E-state index in [-0.39, 0.29) is 5.91 Å². The molecule has 4 nitrogen and oxygen atoms in total. The van der Waals surface area contributed by atoms with E-state index in [1.165, 1.54) is 12.8 Å². The van der Waals surface area contributed by atoms with E-state index in [4.69, 9.17) is 4.74 Å². The Morgan fingerprint density at radius 3 is 3.10 bits per heavy atom. The molecule has 2 aromatic rings. The largest absolute Gasteiger partial charge is 0.381 e. The second-order valence-corrected chi connectivity index (χ2v) is 5.41. The lowest BCUT2D eigenvalue weighted by Crippen LogP contribution is -2.25. The Balaban J connectivity index is 1.41. The minimum atomic E-state index is -0.0182. The van der Waals surface area contributed by atoms with Crippen molar-refractivity contribution in [3.8, 4) is 0 Å². The first-order valence-corrected chi connectivity index (χ1v) is 7.26. The lowest BCUT2D eigenvalue weighted by Gasteiger charge is -2.06. The van der Waals surface area contributed by atoms with Crippen LogP contribution in [0.15, 0.2) is 30.5 Å². The second-order valence-electron chi connectivity index (χ2n) is 5.41. The lowest BCUT2D eigenvalue weighted by molar-refractivity contribution is 0.0937. The minimum absolute atomic E-state index is 0.0182. The van der Waals surface area contributed by atoms with Gasteiger partial charge in [-0.25, -0.2) is 0 Å². The molecule has 1 amide bonds. The number of fused-ring (bicyclic) bond motifs is 1. The molecule has 1 fully saturated rings. The number of nitrogens with one attached hydrogen (secondary N) is 2. The van der Waals surface area contributed by atoms with Gasteiger partial charge in [0.15, 0.2) is 0 Å². The summed E-state index contributed by atoms with van der Waals surface area (Å²) in [4.78, 5) is 15.1. The summed E-state index contributed by atoms with van der Waals surface area (Å²) in [6.45, 7) is 2.28. The maximum absolute atomic E-state index is 12.0. The first-order chi connectivity index (χ1) is 9.83. The van der Waals surface area contributed by atoms with Gasteiger partial charge in [0.2, 0.25) is 0 Å². The van der Waals surface area contributed by atoms with E-state index >= 15 is 0 Å². The normalized spacial score (nSPS) is 14.6. The molecule has 1 saturated carbocycles. The maximum Gasteiger partial charge on any atom is 0.251 e. The number of hydrogen-bond donors (Lipinski definition) is 2. The van der Waals surface area contributed by atoms with E-state index in [0.29, 0.717) is 12.1 Å². The zero-order valence-corrected chi connectivity index (χ0v) is 11.5. The molecule has 2 N–H and O–H groups in total. The van der Waals surface area contributed by atoms with E-state index in [1.54, 1.807) is 0 Å². The molecule has 0 atom stereocenters. The molecule has 106 valence electrons. The topological polar surface area (TPSA) is 54.1 Å². The Hall–Kier alpha value is -1.81. The predicted octanol–water partition coefficient (Wildman–Crippen LogP) is 2.71. The molecule has 4 heteroatoms. The Labute approximate surface area is 118 Å². The van der Waals surface area contributed by atoms with Gasteiger partial charge in [0.05, 0.1) is 0 Å². The number of ether oxygens (including phenoxy) is 1. The first-order valence-electron chi connectivity index (χ1n) is 7.26. The fourth-order valence-corrected chi connectivity index (χ4v) is 2.21. The highest BCUT2D eigenvalue weighted by atomic mass is 16.5. The molecular formula is C16H20N2O2. The Morgan fingerprint density at radius 1 is 1.35 bits per heavy atom. The molecule has 0 bridgehead atoms. The molecule has 1 aliphatic carbocycles. The van der Waals surface area contributed by atoms with Gasteiger partial charge in [0, 0.05) is 42.4 Å². The number of aromatic amines is 1. The van der Waals surface area contributed by atoms with Crippen molar-refractivity contribution in [1.29, 1.82) is 0 Å². The van der Waals surface area contributed by atoms with E-state index in [0.717, 1.165) is 36.5 Å². The summed E-state index contributed by atoms with van der Waals surface area (Å²) in [5.41, 5.74) is 1.76. The van der Waals surface area contributed by atoms with Gasteiger partial charge in [-0.3, -0.25) is 4.79 Å². The number of carbonyl (C=O) groups is 1. The Kier molecular flexibility index (Phi) is 4.02. The molecule has 1 aromatic heterocycles. The molecule has 1 heterocycles. The van der Waals surface area contributed by atoms with Crippen LogP contribution in [0.25, 0.3) is 10.9 Å². The van der Waals surface area contributed by atoms with Crippen LogP contribution in [0.4, 0.5) is 0 Å². The van der Waals surface area contributed by atoms with Crippen molar-refractivity contribution >= 4 is 16.8 Å². The van der Waals surface area contributed by atoms with Crippen molar-refractivity contribution < 1.29 is 9.53 Å². The zero-order chi connectivity index (χ0) is 13.8. The van der Waals surface area contributed by atoms with Crippen molar-refractivity contribution in [2.24, 2.45) is 5.92 Å². The summed E-state index contributed by atoms with van der Waals surface area (Å²) >= 11 is 0. The van der Waals surface area contributed by atoms with E-state index in [9.17, 15) is 4.79 Å². The highest BCUT2D eigenvalue weighted by Gasteiger charge is 2.20. The van der Waals surface area contributed by atoms with E-state index in [2.05, 4.69) is 10.3 Å². The van der Waals surface area contributed by atoms with Crippen molar-refractivity contribution in [2.75, 3.05) is 19.8 Å². The number of aromatic nitrogens is 1. The number of hydrogen-bond acceptors (Lipinski definition) is 2. The molecule has 1 aromatic carbocycles. The van der Waals surface area contributed by atoms with Crippen LogP contribution in [0.2, 0.25) is 0 Å². The number of benzene rings is 1. The third-order valence-corrected chi connectivity index (χ3v) is 3.62. The van der Waals surface area contributed by atoms with Crippen molar-refractivity contribution in [1.82, 2.24) is 10.3 Å². The van der Waals surface area contributed by atoms with Gasteiger partial charge in [0.25, 0.3) is 5.91 Å². The van der Waals surface area contributed by atoms with Gasteiger partial charge in [-0.05, 0) is 49.4 Å². The predicted molar refractivity (Wildman–Crippen MR) is 78.8 cm³/mol. The monoisotopic (exact) mass is 272 g/mol. The third kappa shape index (κ3) is 3.39. The second kappa shape index (κ2) is 6.09. The van der Waals surface area contributed by atoms with Crippen LogP contribution in [0.1, 0.15) is 29.6 Å². The van der Waals surface area contributed by atoms with Gasteiger partial charge < -0.3 is 15.0 Å². The molecule has 3 rings (SSSR count). The van der Waals surface area contributed by atoms with Gasteiger partial charge in [-0.15, -0.1) is 0 Å². The summed E-state index contributed by atoms with van der Waals surface area (Å²) in [6.07, 6.45) is 5.38. The van der Waals surface area contributed by atoms with Gasteiger partial charge in [-0.2, -0.15) is 0 Å². The smallest absolute Gasteiger partial charge is 0.251 e. The number of amides is 1. The molecule has 0 aliphatic heterocycles.